The molecule has 1 aliphatic carbocycles. The van der Waals surface area contributed by atoms with Gasteiger partial charge in [-0.1, -0.05) is 19.1 Å². The fourth-order valence-corrected chi connectivity index (χ4v) is 2.25. The van der Waals surface area contributed by atoms with Gasteiger partial charge in [0.15, 0.2) is 0 Å². The molecule has 0 amide bonds. The Balaban J connectivity index is 2.02. The zero-order valence-corrected chi connectivity index (χ0v) is 13.0. The van der Waals surface area contributed by atoms with Gasteiger partial charge in [-0.15, -0.1) is 4.98 Å². The summed E-state index contributed by atoms with van der Waals surface area (Å²) in [5.41, 5.74) is 0. The van der Waals surface area contributed by atoms with E-state index in [0.29, 0.717) is 43.0 Å². The van der Waals surface area contributed by atoms with Crippen molar-refractivity contribution in [3.63, 3.8) is 0 Å². The normalized spacial score (nSPS) is 21.1. The summed E-state index contributed by atoms with van der Waals surface area (Å²) in [5, 5.41) is 3.06. The fourth-order valence-electron chi connectivity index (χ4n) is 2.25. The molecule has 0 bridgehead atoms. The number of nitrogens with one attached hydrogen (secondary N) is 1. The van der Waals surface area contributed by atoms with E-state index < -0.39 is 0 Å². The van der Waals surface area contributed by atoms with E-state index in [1.807, 2.05) is 13.8 Å². The molecule has 6 nitrogen and oxygen atoms in total. The SMILES string of the molecule is CCNc1nc(OCC)nc(OCC2CC=CCC2C)n1. The molecular formula is C15H24N4O2. The van der Waals surface area contributed by atoms with Gasteiger partial charge in [-0.25, -0.2) is 0 Å². The van der Waals surface area contributed by atoms with Gasteiger partial charge in [-0.2, -0.15) is 9.97 Å². The van der Waals surface area contributed by atoms with Gasteiger partial charge in [0.05, 0.1) is 13.2 Å². The van der Waals surface area contributed by atoms with Crippen LogP contribution in [0.25, 0.3) is 0 Å². The predicted octanol–water partition coefficient (Wildman–Crippen LogP) is 2.68. The lowest BCUT2D eigenvalue weighted by Gasteiger charge is -2.24. The number of allylic oxidation sites excluding steroid dienone is 2. The maximum absolute atomic E-state index is 5.77. The van der Waals surface area contributed by atoms with Crippen molar-refractivity contribution in [2.45, 2.75) is 33.6 Å². The third-order valence-corrected chi connectivity index (χ3v) is 3.55. The van der Waals surface area contributed by atoms with Crippen molar-refractivity contribution in [2.24, 2.45) is 11.8 Å². The lowest BCUT2D eigenvalue weighted by Crippen LogP contribution is -2.22. The summed E-state index contributed by atoms with van der Waals surface area (Å²) in [4.78, 5) is 12.6. The molecule has 0 spiro atoms. The summed E-state index contributed by atoms with van der Waals surface area (Å²) in [7, 11) is 0. The highest BCUT2D eigenvalue weighted by Crippen LogP contribution is 2.25. The first-order chi connectivity index (χ1) is 10.2. The van der Waals surface area contributed by atoms with E-state index in [-0.39, 0.29) is 0 Å². The van der Waals surface area contributed by atoms with Gasteiger partial charge in [-0.05, 0) is 38.5 Å². The summed E-state index contributed by atoms with van der Waals surface area (Å²) in [6.07, 6.45) is 6.61. The summed E-state index contributed by atoms with van der Waals surface area (Å²) in [6, 6.07) is 0.626. The minimum atomic E-state index is 0.301. The number of hydrogen-bond acceptors (Lipinski definition) is 6. The molecule has 1 aromatic heterocycles. The first-order valence-corrected chi connectivity index (χ1v) is 7.63. The van der Waals surface area contributed by atoms with Crippen LogP contribution in [0.4, 0.5) is 5.95 Å². The third kappa shape index (κ3) is 4.58. The molecule has 6 heteroatoms. The average molecular weight is 292 g/mol. The molecule has 1 N–H and O–H groups in total. The summed E-state index contributed by atoms with van der Waals surface area (Å²) >= 11 is 0. The van der Waals surface area contributed by atoms with Crippen LogP contribution in [0.5, 0.6) is 12.0 Å². The molecule has 1 aromatic rings. The second-order valence-electron chi connectivity index (χ2n) is 5.18. The van der Waals surface area contributed by atoms with Gasteiger partial charge in [0.2, 0.25) is 5.95 Å². The Morgan fingerprint density at radius 2 is 1.81 bits per heavy atom. The van der Waals surface area contributed by atoms with Crippen LogP contribution < -0.4 is 14.8 Å². The van der Waals surface area contributed by atoms with E-state index in [2.05, 4.69) is 39.3 Å². The molecule has 0 radical (unpaired) electrons. The van der Waals surface area contributed by atoms with Gasteiger partial charge in [0.1, 0.15) is 0 Å². The zero-order valence-electron chi connectivity index (χ0n) is 13.0. The standard InChI is InChI=1S/C15H24N4O2/c1-4-16-13-17-14(20-5-2)19-15(18-13)21-10-12-9-7-6-8-11(12)3/h6-7,11-12H,4-5,8-10H2,1-3H3,(H,16,17,18,19). The maximum Gasteiger partial charge on any atom is 0.324 e. The molecule has 2 atom stereocenters. The molecular weight excluding hydrogens is 268 g/mol. The van der Waals surface area contributed by atoms with Crippen LogP contribution >= 0.6 is 0 Å². The van der Waals surface area contributed by atoms with Crippen LogP contribution in [0.2, 0.25) is 0 Å². The highest BCUT2D eigenvalue weighted by Gasteiger charge is 2.20. The van der Waals surface area contributed by atoms with Gasteiger partial charge in [0, 0.05) is 6.54 Å². The second kappa shape index (κ2) is 7.81. The highest BCUT2D eigenvalue weighted by atomic mass is 16.5. The number of rotatable bonds is 7. The number of aromatic nitrogens is 3. The molecule has 0 saturated carbocycles. The molecule has 2 unspecified atom stereocenters. The minimum absolute atomic E-state index is 0.301. The Labute approximate surface area is 126 Å². The van der Waals surface area contributed by atoms with E-state index >= 15 is 0 Å². The van der Waals surface area contributed by atoms with Crippen molar-refractivity contribution < 1.29 is 9.47 Å². The molecule has 2 rings (SSSR count). The number of ether oxygens (including phenoxy) is 2. The van der Waals surface area contributed by atoms with Gasteiger partial charge in [0.25, 0.3) is 0 Å². The Hall–Kier alpha value is -1.85. The predicted molar refractivity (Wildman–Crippen MR) is 81.7 cm³/mol. The largest absolute Gasteiger partial charge is 0.464 e. The number of hydrogen-bond donors (Lipinski definition) is 1. The minimum Gasteiger partial charge on any atom is -0.464 e. The van der Waals surface area contributed by atoms with Crippen molar-refractivity contribution in [3.05, 3.63) is 12.2 Å². The fraction of sp³-hybridized carbons (Fsp3) is 0.667. The van der Waals surface area contributed by atoms with Crippen LogP contribution in [-0.2, 0) is 0 Å². The van der Waals surface area contributed by atoms with E-state index in [9.17, 15) is 0 Å². The number of anilines is 1. The molecule has 0 aromatic carbocycles. The summed E-state index contributed by atoms with van der Waals surface area (Å²) < 4.78 is 11.1. The van der Waals surface area contributed by atoms with Gasteiger partial charge >= 0.3 is 12.0 Å². The summed E-state index contributed by atoms with van der Waals surface area (Å²) in [5.74, 6) is 1.61. The van der Waals surface area contributed by atoms with E-state index in [0.717, 1.165) is 19.4 Å². The molecule has 0 fully saturated rings. The van der Waals surface area contributed by atoms with Crippen molar-refractivity contribution >= 4 is 5.95 Å². The third-order valence-electron chi connectivity index (χ3n) is 3.55. The zero-order chi connectivity index (χ0) is 15.1. The Morgan fingerprint density at radius 3 is 2.48 bits per heavy atom. The Kier molecular flexibility index (Phi) is 5.78. The lowest BCUT2D eigenvalue weighted by molar-refractivity contribution is 0.183. The lowest BCUT2D eigenvalue weighted by atomic mass is 9.85. The van der Waals surface area contributed by atoms with Crippen molar-refractivity contribution in [3.8, 4) is 12.0 Å². The smallest absolute Gasteiger partial charge is 0.324 e. The van der Waals surface area contributed by atoms with Crippen LogP contribution in [0, 0.1) is 11.8 Å². The Morgan fingerprint density at radius 1 is 1.10 bits per heavy atom. The highest BCUT2D eigenvalue weighted by molar-refractivity contribution is 5.27. The van der Waals surface area contributed by atoms with Gasteiger partial charge in [-0.3, -0.25) is 0 Å². The van der Waals surface area contributed by atoms with E-state index in [1.54, 1.807) is 0 Å². The second-order valence-corrected chi connectivity index (χ2v) is 5.18. The monoisotopic (exact) mass is 292 g/mol. The molecule has 1 heterocycles. The molecule has 0 aliphatic heterocycles. The van der Waals surface area contributed by atoms with Crippen LogP contribution in [0.1, 0.15) is 33.6 Å². The first kappa shape index (κ1) is 15.5. The maximum atomic E-state index is 5.77. The molecule has 21 heavy (non-hydrogen) atoms. The topological polar surface area (TPSA) is 69.2 Å². The molecule has 0 saturated heterocycles. The first-order valence-electron chi connectivity index (χ1n) is 7.63. The summed E-state index contributed by atoms with van der Waals surface area (Å²) in [6.45, 7) is 8.00. The average Bonchev–Trinajstić information content (AvgIpc) is 2.47. The Bertz CT molecular complexity index is 454. The quantitative estimate of drug-likeness (QED) is 0.779. The van der Waals surface area contributed by atoms with Crippen LogP contribution in [-0.4, -0.2) is 34.7 Å². The molecule has 116 valence electrons. The van der Waals surface area contributed by atoms with Crippen molar-refractivity contribution in [2.75, 3.05) is 25.1 Å². The van der Waals surface area contributed by atoms with E-state index in [4.69, 9.17) is 9.47 Å². The van der Waals surface area contributed by atoms with Crippen LogP contribution in [0.3, 0.4) is 0 Å². The molecule has 1 aliphatic rings. The van der Waals surface area contributed by atoms with Crippen LogP contribution in [0.15, 0.2) is 12.2 Å². The van der Waals surface area contributed by atoms with Crippen molar-refractivity contribution in [1.29, 1.82) is 0 Å². The van der Waals surface area contributed by atoms with Crippen molar-refractivity contribution in [1.82, 2.24) is 15.0 Å². The number of nitrogens with zero attached hydrogens (tertiary/aromatic N) is 3. The van der Waals surface area contributed by atoms with Gasteiger partial charge < -0.3 is 14.8 Å². The van der Waals surface area contributed by atoms with E-state index in [1.165, 1.54) is 0 Å².